The van der Waals surface area contributed by atoms with E-state index in [4.69, 9.17) is 12.2 Å². The van der Waals surface area contributed by atoms with Crippen LogP contribution in [-0.2, 0) is 4.79 Å². The third-order valence-electron chi connectivity index (χ3n) is 4.81. The van der Waals surface area contributed by atoms with Crippen LogP contribution >= 0.6 is 35.3 Å². The fraction of sp³-hybridized carbons (Fsp3) is 0.750. The van der Waals surface area contributed by atoms with E-state index in [2.05, 4.69) is 15.5 Å². The molecule has 4 atom stereocenters. The van der Waals surface area contributed by atoms with Crippen LogP contribution in [0.5, 0.6) is 0 Å². The van der Waals surface area contributed by atoms with Gasteiger partial charge in [0.15, 0.2) is 8.29 Å². The maximum atomic E-state index is 11.9. The normalized spacial score (nSPS) is 38.2. The van der Waals surface area contributed by atoms with Gasteiger partial charge in [-0.05, 0) is 55.2 Å². The molecule has 3 aliphatic carbocycles. The fourth-order valence-electron chi connectivity index (χ4n) is 4.15. The number of nitrogens with one attached hydrogen (secondary N) is 2. The van der Waals surface area contributed by atoms with E-state index in [1.165, 1.54) is 42.4 Å². The number of hydrogen-bond acceptors (Lipinski definition) is 5. The highest BCUT2D eigenvalue weighted by Crippen LogP contribution is 2.65. The number of rotatable bonds is 4. The van der Waals surface area contributed by atoms with Gasteiger partial charge in [-0.2, -0.15) is 5.10 Å². The van der Waals surface area contributed by atoms with Crippen LogP contribution in [0.25, 0.3) is 0 Å². The summed E-state index contributed by atoms with van der Waals surface area (Å²) in [5.74, 6) is 4.01. The highest BCUT2D eigenvalue weighted by molar-refractivity contribution is 8.01. The largest absolute Gasteiger partial charge is 0.352 e. The van der Waals surface area contributed by atoms with Gasteiger partial charge in [-0.15, -0.1) is 0 Å². The summed E-state index contributed by atoms with van der Waals surface area (Å²) >= 11 is 7.85. The molecule has 3 aliphatic rings. The molecule has 2 N–H and O–H groups in total. The number of thioether (sulfide) groups is 1. The molecule has 1 aromatic heterocycles. The predicted molar refractivity (Wildman–Crippen MR) is 77.8 cm³/mol. The summed E-state index contributed by atoms with van der Waals surface area (Å²) in [6, 6.07) is 0.483. The Kier molecular flexibility index (Phi) is 2.97. The summed E-state index contributed by atoms with van der Waals surface area (Å²) in [4.78, 5) is 11.9. The van der Waals surface area contributed by atoms with Crippen molar-refractivity contribution in [3.05, 3.63) is 3.95 Å². The lowest BCUT2D eigenvalue weighted by molar-refractivity contribution is -0.118. The van der Waals surface area contributed by atoms with E-state index in [9.17, 15) is 4.79 Å². The molecular weight excluding hydrogens is 298 g/mol. The van der Waals surface area contributed by atoms with Crippen molar-refractivity contribution < 1.29 is 4.79 Å². The molecule has 0 unspecified atom stereocenters. The molecule has 1 amide bonds. The molecule has 0 saturated heterocycles. The van der Waals surface area contributed by atoms with Crippen molar-refractivity contribution in [2.75, 3.05) is 5.75 Å². The number of aromatic amines is 1. The maximum absolute atomic E-state index is 11.9. The lowest BCUT2D eigenvalue weighted by Crippen LogP contribution is -2.31. The second-order valence-electron chi connectivity index (χ2n) is 5.75. The number of hydrogen-bond donors (Lipinski definition) is 2. The molecule has 2 bridgehead atoms. The lowest BCUT2D eigenvalue weighted by Gasteiger charge is -2.09. The summed E-state index contributed by atoms with van der Waals surface area (Å²) < 4.78 is 1.51. The zero-order chi connectivity index (χ0) is 13.0. The molecule has 0 aliphatic heterocycles. The van der Waals surface area contributed by atoms with Crippen molar-refractivity contribution in [2.45, 2.75) is 29.6 Å². The fourth-order valence-corrected chi connectivity index (χ4v) is 6.04. The van der Waals surface area contributed by atoms with E-state index in [1.807, 2.05) is 0 Å². The van der Waals surface area contributed by atoms with Gasteiger partial charge in [-0.25, -0.2) is 0 Å². The van der Waals surface area contributed by atoms with Crippen molar-refractivity contribution >= 4 is 41.2 Å². The average molecular weight is 313 g/mol. The van der Waals surface area contributed by atoms with Crippen molar-refractivity contribution in [3.8, 4) is 0 Å². The first-order valence-corrected chi connectivity index (χ1v) is 8.91. The molecule has 7 heteroatoms. The highest BCUT2D eigenvalue weighted by Gasteiger charge is 2.65. The van der Waals surface area contributed by atoms with Gasteiger partial charge in [0.1, 0.15) is 0 Å². The SMILES string of the molecule is O=C(CSc1n[nH]c(=S)s1)NC1[C@H]2[C@H]3CC[C@@H](C3)[C@H]12. The van der Waals surface area contributed by atoms with Crippen LogP contribution in [0.4, 0.5) is 0 Å². The van der Waals surface area contributed by atoms with Crippen LogP contribution < -0.4 is 5.32 Å². The van der Waals surface area contributed by atoms with Gasteiger partial charge in [0.25, 0.3) is 0 Å². The molecule has 0 aromatic carbocycles. The van der Waals surface area contributed by atoms with Gasteiger partial charge in [-0.3, -0.25) is 9.89 Å². The van der Waals surface area contributed by atoms with Crippen LogP contribution in [-0.4, -0.2) is 27.9 Å². The molecule has 4 rings (SSSR count). The van der Waals surface area contributed by atoms with Gasteiger partial charge in [0.2, 0.25) is 5.91 Å². The van der Waals surface area contributed by atoms with E-state index in [0.717, 1.165) is 28.0 Å². The average Bonchev–Trinajstić information content (AvgIpc) is 2.79. The molecule has 0 spiro atoms. The number of aromatic nitrogens is 2. The Morgan fingerprint density at radius 1 is 1.47 bits per heavy atom. The molecule has 1 aromatic rings. The monoisotopic (exact) mass is 313 g/mol. The van der Waals surface area contributed by atoms with Gasteiger partial charge in [0, 0.05) is 6.04 Å². The Hall–Kier alpha value is -0.400. The Labute approximate surface area is 124 Å². The standard InChI is InChI=1S/C12H15N3OS3/c16-7(4-18-12-15-14-11(17)19-12)13-10-8-5-1-2-6(3-5)9(8)10/h5-6,8-10H,1-4H2,(H,13,16)(H,14,17)/t5-,6-,8-,9-/m0/s1. The number of nitrogens with zero attached hydrogens (tertiary/aromatic N) is 1. The minimum absolute atomic E-state index is 0.143. The Morgan fingerprint density at radius 3 is 2.84 bits per heavy atom. The van der Waals surface area contributed by atoms with Crippen molar-refractivity contribution in [1.82, 2.24) is 15.5 Å². The van der Waals surface area contributed by atoms with Crippen LogP contribution in [0.3, 0.4) is 0 Å². The number of fused-ring (bicyclic) bond motifs is 5. The Bertz CT molecular complexity index is 553. The minimum Gasteiger partial charge on any atom is -0.352 e. The van der Waals surface area contributed by atoms with E-state index in [-0.39, 0.29) is 5.91 Å². The topological polar surface area (TPSA) is 57.8 Å². The zero-order valence-electron chi connectivity index (χ0n) is 10.3. The third-order valence-corrected chi connectivity index (χ3v) is 7.04. The van der Waals surface area contributed by atoms with Crippen LogP contribution in [0.15, 0.2) is 4.34 Å². The third kappa shape index (κ3) is 2.15. The quantitative estimate of drug-likeness (QED) is 0.662. The van der Waals surface area contributed by atoms with Gasteiger partial charge in [0.05, 0.1) is 5.75 Å². The first kappa shape index (κ1) is 12.3. The Balaban J connectivity index is 1.28. The second kappa shape index (κ2) is 4.56. The van der Waals surface area contributed by atoms with Crippen molar-refractivity contribution in [3.63, 3.8) is 0 Å². The maximum Gasteiger partial charge on any atom is 0.230 e. The Morgan fingerprint density at radius 2 is 2.21 bits per heavy atom. The van der Waals surface area contributed by atoms with Crippen LogP contribution in [0.1, 0.15) is 19.3 Å². The smallest absolute Gasteiger partial charge is 0.230 e. The summed E-state index contributed by atoms with van der Waals surface area (Å²) in [6.07, 6.45) is 4.21. The number of H-pyrrole nitrogens is 1. The summed E-state index contributed by atoms with van der Waals surface area (Å²) in [5.41, 5.74) is 0. The molecule has 19 heavy (non-hydrogen) atoms. The second-order valence-corrected chi connectivity index (χ2v) is 8.64. The number of carbonyl (C=O) groups excluding carboxylic acids is 1. The van der Waals surface area contributed by atoms with Gasteiger partial charge in [-0.1, -0.05) is 23.1 Å². The number of amides is 1. The van der Waals surface area contributed by atoms with Crippen molar-refractivity contribution in [2.24, 2.45) is 23.7 Å². The molecule has 102 valence electrons. The molecule has 1 heterocycles. The molecule has 0 radical (unpaired) electrons. The van der Waals surface area contributed by atoms with Crippen molar-refractivity contribution in [1.29, 1.82) is 0 Å². The number of carbonyl (C=O) groups is 1. The molecule has 3 saturated carbocycles. The zero-order valence-corrected chi connectivity index (χ0v) is 12.7. The molecule has 4 nitrogen and oxygen atoms in total. The highest BCUT2D eigenvalue weighted by atomic mass is 32.2. The first-order valence-electron chi connectivity index (χ1n) is 6.70. The molecule has 3 fully saturated rings. The van der Waals surface area contributed by atoms with Crippen LogP contribution in [0, 0.1) is 27.6 Å². The lowest BCUT2D eigenvalue weighted by atomic mass is 10.0. The van der Waals surface area contributed by atoms with E-state index < -0.39 is 0 Å². The summed E-state index contributed by atoms with van der Waals surface area (Å²) in [6.45, 7) is 0. The van der Waals surface area contributed by atoms with E-state index >= 15 is 0 Å². The van der Waals surface area contributed by atoms with E-state index in [1.54, 1.807) is 0 Å². The van der Waals surface area contributed by atoms with E-state index in [0.29, 0.717) is 15.7 Å². The van der Waals surface area contributed by atoms with Gasteiger partial charge >= 0.3 is 0 Å². The van der Waals surface area contributed by atoms with Gasteiger partial charge < -0.3 is 5.32 Å². The predicted octanol–water partition coefficient (Wildman–Crippen LogP) is 2.45. The molecular formula is C12H15N3OS3. The van der Waals surface area contributed by atoms with Crippen LogP contribution in [0.2, 0.25) is 0 Å². The summed E-state index contributed by atoms with van der Waals surface area (Å²) in [5, 5.41) is 9.99. The minimum atomic E-state index is 0.143. The first-order chi connectivity index (χ1) is 9.22. The summed E-state index contributed by atoms with van der Waals surface area (Å²) in [7, 11) is 0.